The zero-order valence-corrected chi connectivity index (χ0v) is 12.4. The highest BCUT2D eigenvalue weighted by Gasteiger charge is 2.17. The molecule has 3 N–H and O–H groups in total. The fourth-order valence-corrected chi connectivity index (χ4v) is 4.45. The highest BCUT2D eigenvalue weighted by atomic mass is 79.9. The topological polar surface area (TPSA) is 89.3 Å². The fourth-order valence-electron chi connectivity index (χ4n) is 1.10. The number of halogens is 1. The molecule has 0 fully saturated rings. The van der Waals surface area contributed by atoms with Crippen LogP contribution in [0.15, 0.2) is 14.1 Å². The molecule has 96 valence electrons. The molecule has 0 saturated carbocycles. The summed E-state index contributed by atoms with van der Waals surface area (Å²) < 4.78 is 27.1. The fraction of sp³-hybridized carbons (Fsp3) is 0.444. The average Bonchev–Trinajstić information content (AvgIpc) is 2.55. The second-order valence-electron chi connectivity index (χ2n) is 3.49. The Hall–Kier alpha value is -0.440. The van der Waals surface area contributed by atoms with Crippen molar-refractivity contribution in [3.63, 3.8) is 0 Å². The van der Waals surface area contributed by atoms with Crippen LogP contribution in [0.2, 0.25) is 0 Å². The number of sulfonamides is 1. The van der Waals surface area contributed by atoms with Crippen LogP contribution in [0.1, 0.15) is 18.4 Å². The van der Waals surface area contributed by atoms with Gasteiger partial charge < -0.3 is 5.73 Å². The normalized spacial score (nSPS) is 11.6. The summed E-state index contributed by atoms with van der Waals surface area (Å²) in [6.07, 6.45) is 0.579. The second-order valence-corrected chi connectivity index (χ2v) is 7.85. The molecule has 1 aromatic heterocycles. The molecule has 0 unspecified atom stereocenters. The third kappa shape index (κ3) is 4.38. The van der Waals surface area contributed by atoms with Gasteiger partial charge in [-0.25, -0.2) is 13.1 Å². The second kappa shape index (κ2) is 5.94. The predicted molar refractivity (Wildman–Crippen MR) is 70.4 cm³/mol. The van der Waals surface area contributed by atoms with E-state index in [0.717, 1.165) is 20.7 Å². The molecule has 0 aromatic carbocycles. The van der Waals surface area contributed by atoms with Gasteiger partial charge in [-0.1, -0.05) is 0 Å². The smallest absolute Gasteiger partial charge is 0.250 e. The maximum Gasteiger partial charge on any atom is 0.250 e. The van der Waals surface area contributed by atoms with E-state index in [1.165, 1.54) is 0 Å². The van der Waals surface area contributed by atoms with Crippen LogP contribution in [0.3, 0.4) is 0 Å². The molecule has 1 rings (SSSR count). The number of nitrogens with two attached hydrogens (primary N) is 1. The van der Waals surface area contributed by atoms with Crippen molar-refractivity contribution >= 4 is 43.2 Å². The number of carbonyl (C=O) groups is 1. The molecule has 1 aromatic rings. The summed E-state index contributed by atoms with van der Waals surface area (Å²) in [5.74, 6) is -0.432. The van der Waals surface area contributed by atoms with E-state index < -0.39 is 15.9 Å². The number of rotatable bonds is 6. The number of hydrogen-bond acceptors (Lipinski definition) is 4. The summed E-state index contributed by atoms with van der Waals surface area (Å²) in [4.78, 5) is 10.5. The first kappa shape index (κ1) is 14.6. The standard InChI is InChI=1S/C9H13BrN2O3S2/c1-6-5-8(16-9(6)10)17(14,15)12-4-2-3-7(11)13/h5,12H,2-4H2,1H3,(H2,11,13). The zero-order chi connectivity index (χ0) is 13.1. The molecule has 0 saturated heterocycles. The van der Waals surface area contributed by atoms with Gasteiger partial charge in [-0.2, -0.15) is 0 Å². The Morgan fingerprint density at radius 1 is 1.59 bits per heavy atom. The van der Waals surface area contributed by atoms with Gasteiger partial charge in [0.1, 0.15) is 4.21 Å². The summed E-state index contributed by atoms with van der Waals surface area (Å²) in [5, 5.41) is 0. The molecule has 0 atom stereocenters. The Bertz CT molecular complexity index is 491. The monoisotopic (exact) mass is 340 g/mol. The van der Waals surface area contributed by atoms with Crippen molar-refractivity contribution in [1.29, 1.82) is 0 Å². The van der Waals surface area contributed by atoms with Gasteiger partial charge in [0.05, 0.1) is 3.79 Å². The van der Waals surface area contributed by atoms with Gasteiger partial charge in [0.2, 0.25) is 15.9 Å². The molecular formula is C9H13BrN2O3S2. The van der Waals surface area contributed by atoms with Gasteiger partial charge in [0.15, 0.2) is 0 Å². The summed E-state index contributed by atoms with van der Waals surface area (Å²) in [5.41, 5.74) is 5.84. The van der Waals surface area contributed by atoms with E-state index in [0.29, 0.717) is 6.42 Å². The summed E-state index contributed by atoms with van der Waals surface area (Å²) in [7, 11) is -3.47. The van der Waals surface area contributed by atoms with E-state index in [-0.39, 0.29) is 17.2 Å². The average molecular weight is 341 g/mol. The molecule has 0 aliphatic rings. The van der Waals surface area contributed by atoms with Crippen LogP contribution >= 0.6 is 27.3 Å². The molecule has 1 heterocycles. The summed E-state index contributed by atoms with van der Waals surface area (Å²) in [6, 6.07) is 1.60. The van der Waals surface area contributed by atoms with Crippen molar-refractivity contribution in [2.45, 2.75) is 24.0 Å². The third-order valence-electron chi connectivity index (χ3n) is 1.99. The van der Waals surface area contributed by atoms with Crippen LogP contribution in [0.5, 0.6) is 0 Å². The Morgan fingerprint density at radius 3 is 2.71 bits per heavy atom. The van der Waals surface area contributed by atoms with Gasteiger partial charge in [0.25, 0.3) is 0 Å². The van der Waals surface area contributed by atoms with Gasteiger partial charge in [0, 0.05) is 13.0 Å². The lowest BCUT2D eigenvalue weighted by Crippen LogP contribution is -2.25. The van der Waals surface area contributed by atoms with Gasteiger partial charge in [-0.15, -0.1) is 11.3 Å². The Morgan fingerprint density at radius 2 is 2.24 bits per heavy atom. The number of aryl methyl sites for hydroxylation is 1. The van der Waals surface area contributed by atoms with Crippen molar-refractivity contribution in [2.75, 3.05) is 6.54 Å². The molecule has 0 aliphatic carbocycles. The molecular weight excluding hydrogens is 328 g/mol. The van der Waals surface area contributed by atoms with Gasteiger partial charge >= 0.3 is 0 Å². The van der Waals surface area contributed by atoms with Crippen LogP contribution in [-0.2, 0) is 14.8 Å². The largest absolute Gasteiger partial charge is 0.370 e. The molecule has 0 radical (unpaired) electrons. The minimum Gasteiger partial charge on any atom is -0.370 e. The van der Waals surface area contributed by atoms with Gasteiger partial charge in [-0.3, -0.25) is 4.79 Å². The number of amides is 1. The molecule has 0 aliphatic heterocycles. The summed E-state index contributed by atoms with van der Waals surface area (Å²) >= 11 is 4.43. The number of carbonyl (C=O) groups excluding carboxylic acids is 1. The minimum atomic E-state index is -3.47. The Labute approximate surface area is 113 Å². The lowest BCUT2D eigenvalue weighted by Gasteiger charge is -2.03. The van der Waals surface area contributed by atoms with E-state index in [1.54, 1.807) is 6.07 Å². The third-order valence-corrected chi connectivity index (χ3v) is 6.06. The highest BCUT2D eigenvalue weighted by molar-refractivity contribution is 9.11. The lowest BCUT2D eigenvalue weighted by molar-refractivity contribution is -0.118. The quantitative estimate of drug-likeness (QED) is 0.766. The molecule has 8 heteroatoms. The number of nitrogens with one attached hydrogen (secondary N) is 1. The number of thiophene rings is 1. The van der Waals surface area contributed by atoms with E-state index in [9.17, 15) is 13.2 Å². The van der Waals surface area contributed by atoms with Crippen LogP contribution in [0.4, 0.5) is 0 Å². The minimum absolute atomic E-state index is 0.176. The molecule has 0 spiro atoms. The van der Waals surface area contributed by atoms with Crippen molar-refractivity contribution in [3.8, 4) is 0 Å². The van der Waals surface area contributed by atoms with Crippen molar-refractivity contribution in [1.82, 2.24) is 4.72 Å². The SMILES string of the molecule is Cc1cc(S(=O)(=O)NCCCC(N)=O)sc1Br. The van der Waals surface area contributed by atoms with Crippen molar-refractivity contribution in [2.24, 2.45) is 5.73 Å². The molecule has 17 heavy (non-hydrogen) atoms. The Balaban J connectivity index is 2.60. The van der Waals surface area contributed by atoms with Crippen molar-refractivity contribution < 1.29 is 13.2 Å². The maximum atomic E-state index is 11.8. The van der Waals surface area contributed by atoms with Crippen LogP contribution < -0.4 is 10.5 Å². The zero-order valence-electron chi connectivity index (χ0n) is 9.20. The molecule has 5 nitrogen and oxygen atoms in total. The molecule has 0 bridgehead atoms. The van der Waals surface area contributed by atoms with Crippen LogP contribution in [0.25, 0.3) is 0 Å². The van der Waals surface area contributed by atoms with E-state index in [1.807, 2.05) is 6.92 Å². The number of primary amides is 1. The van der Waals surface area contributed by atoms with Gasteiger partial charge in [-0.05, 0) is 40.9 Å². The van der Waals surface area contributed by atoms with Crippen LogP contribution in [-0.4, -0.2) is 20.9 Å². The lowest BCUT2D eigenvalue weighted by atomic mass is 10.3. The predicted octanol–water partition coefficient (Wildman–Crippen LogP) is 1.36. The van der Waals surface area contributed by atoms with E-state index in [2.05, 4.69) is 20.7 Å². The van der Waals surface area contributed by atoms with Crippen LogP contribution in [0, 0.1) is 6.92 Å². The molecule has 1 amide bonds. The Kier molecular flexibility index (Phi) is 5.11. The first-order chi connectivity index (χ1) is 7.83. The van der Waals surface area contributed by atoms with E-state index in [4.69, 9.17) is 5.73 Å². The first-order valence-electron chi connectivity index (χ1n) is 4.87. The van der Waals surface area contributed by atoms with Crippen molar-refractivity contribution in [3.05, 3.63) is 15.4 Å². The van der Waals surface area contributed by atoms with E-state index >= 15 is 0 Å². The summed E-state index contributed by atoms with van der Waals surface area (Å²) in [6.45, 7) is 2.03. The maximum absolute atomic E-state index is 11.8. The highest BCUT2D eigenvalue weighted by Crippen LogP contribution is 2.30. The number of hydrogen-bond donors (Lipinski definition) is 2. The first-order valence-corrected chi connectivity index (χ1v) is 7.96.